The van der Waals surface area contributed by atoms with E-state index in [0.29, 0.717) is 19.4 Å². The van der Waals surface area contributed by atoms with E-state index in [1.165, 1.54) is 6.92 Å². The Balaban J connectivity index is 0.000000511. The second kappa shape index (κ2) is 9.12. The van der Waals surface area contributed by atoms with E-state index < -0.39 is 23.8 Å². The second-order valence-corrected chi connectivity index (χ2v) is 4.67. The molecule has 0 spiro atoms. The number of carboxylic acids is 2. The van der Waals surface area contributed by atoms with Crippen molar-refractivity contribution in [2.24, 2.45) is 11.8 Å². The van der Waals surface area contributed by atoms with E-state index >= 15 is 0 Å². The third-order valence-corrected chi connectivity index (χ3v) is 3.04. The van der Waals surface area contributed by atoms with Crippen LogP contribution in [0.5, 0.6) is 0 Å². The molecule has 0 bridgehead atoms. The zero-order valence-electron chi connectivity index (χ0n) is 11.9. The lowest BCUT2D eigenvalue weighted by molar-refractivity contribution is -0.159. The van der Waals surface area contributed by atoms with E-state index in [-0.39, 0.29) is 11.5 Å². The Morgan fingerprint density at radius 2 is 1.60 bits per heavy atom. The summed E-state index contributed by atoms with van der Waals surface area (Å²) < 4.78 is 4.86. The number of carboxylic acid groups (broad SMARTS) is 2. The molecule has 1 aliphatic carbocycles. The summed E-state index contributed by atoms with van der Waals surface area (Å²) in [5, 5.41) is 16.8. The molecule has 2 unspecified atom stereocenters. The Hall–Kier alpha value is -1.85. The average Bonchev–Trinajstić information content (AvgIpc) is 2.39. The van der Waals surface area contributed by atoms with Crippen molar-refractivity contribution in [3.05, 3.63) is 12.2 Å². The summed E-state index contributed by atoms with van der Waals surface area (Å²) >= 11 is 0. The first kappa shape index (κ1) is 18.1. The molecule has 1 aliphatic rings. The Labute approximate surface area is 118 Å². The molecule has 20 heavy (non-hydrogen) atoms. The van der Waals surface area contributed by atoms with Gasteiger partial charge >= 0.3 is 17.9 Å². The highest BCUT2D eigenvalue weighted by Gasteiger charge is 2.36. The van der Waals surface area contributed by atoms with Crippen LogP contribution in [0.3, 0.4) is 0 Å². The van der Waals surface area contributed by atoms with Gasteiger partial charge in [-0.25, -0.2) is 4.79 Å². The maximum Gasteiger partial charge on any atom is 0.330 e. The smallest absolute Gasteiger partial charge is 0.330 e. The third-order valence-electron chi connectivity index (χ3n) is 3.04. The summed E-state index contributed by atoms with van der Waals surface area (Å²) in [6, 6.07) is 0. The standard InChI is InChI=1S/C10H16O4.C4H6O2/c1-2-14-10(13)8-6-4-3-5-7(8)9(11)12;1-3(2)4(5)6/h7-8H,2-6H2,1H3,(H,11,12);1H2,2H3,(H,5,6). The molecule has 2 N–H and O–H groups in total. The van der Waals surface area contributed by atoms with Gasteiger partial charge in [0.15, 0.2) is 0 Å². The van der Waals surface area contributed by atoms with Gasteiger partial charge in [-0.2, -0.15) is 0 Å². The summed E-state index contributed by atoms with van der Waals surface area (Å²) in [6.07, 6.45) is 3.06. The van der Waals surface area contributed by atoms with Crippen LogP contribution >= 0.6 is 0 Å². The molecular formula is C14H22O6. The van der Waals surface area contributed by atoms with Gasteiger partial charge in [0, 0.05) is 5.57 Å². The quantitative estimate of drug-likeness (QED) is 0.606. The third kappa shape index (κ3) is 6.36. The van der Waals surface area contributed by atoms with Crippen LogP contribution in [0.2, 0.25) is 0 Å². The minimum absolute atomic E-state index is 0.176. The molecule has 0 saturated heterocycles. The molecule has 6 nitrogen and oxygen atoms in total. The van der Waals surface area contributed by atoms with E-state index in [2.05, 4.69) is 6.58 Å². The molecule has 6 heteroatoms. The monoisotopic (exact) mass is 286 g/mol. The average molecular weight is 286 g/mol. The Bertz CT molecular complexity index is 362. The summed E-state index contributed by atoms with van der Waals surface area (Å²) in [5.74, 6) is -3.12. The zero-order chi connectivity index (χ0) is 15.7. The molecule has 0 heterocycles. The van der Waals surface area contributed by atoms with Gasteiger partial charge in [0.05, 0.1) is 18.4 Å². The van der Waals surface area contributed by atoms with Crippen LogP contribution in [-0.2, 0) is 19.1 Å². The number of hydrogen-bond acceptors (Lipinski definition) is 4. The first-order chi connectivity index (χ1) is 9.31. The van der Waals surface area contributed by atoms with Gasteiger partial charge in [-0.1, -0.05) is 19.4 Å². The van der Waals surface area contributed by atoms with Gasteiger partial charge in [-0.3, -0.25) is 9.59 Å². The van der Waals surface area contributed by atoms with Crippen molar-refractivity contribution in [3.63, 3.8) is 0 Å². The van der Waals surface area contributed by atoms with E-state index in [1.807, 2.05) is 0 Å². The molecular weight excluding hydrogens is 264 g/mol. The molecule has 1 fully saturated rings. The van der Waals surface area contributed by atoms with E-state index in [4.69, 9.17) is 14.9 Å². The van der Waals surface area contributed by atoms with Crippen LogP contribution in [0.1, 0.15) is 39.5 Å². The Morgan fingerprint density at radius 3 is 1.95 bits per heavy atom. The maximum absolute atomic E-state index is 11.4. The largest absolute Gasteiger partial charge is 0.481 e. The van der Waals surface area contributed by atoms with Crippen molar-refractivity contribution in [1.82, 2.24) is 0 Å². The number of esters is 1. The number of ether oxygens (including phenoxy) is 1. The van der Waals surface area contributed by atoms with E-state index in [1.54, 1.807) is 6.92 Å². The van der Waals surface area contributed by atoms with Crippen LogP contribution in [0.25, 0.3) is 0 Å². The van der Waals surface area contributed by atoms with Crippen molar-refractivity contribution in [2.45, 2.75) is 39.5 Å². The van der Waals surface area contributed by atoms with Gasteiger partial charge in [0.25, 0.3) is 0 Å². The first-order valence-corrected chi connectivity index (χ1v) is 6.59. The van der Waals surface area contributed by atoms with Crippen LogP contribution in [0, 0.1) is 11.8 Å². The molecule has 2 atom stereocenters. The predicted molar refractivity (Wildman–Crippen MR) is 72.2 cm³/mol. The summed E-state index contributed by atoms with van der Waals surface area (Å²) in [7, 11) is 0. The number of carbonyl (C=O) groups is 3. The summed E-state index contributed by atoms with van der Waals surface area (Å²) in [4.78, 5) is 31.9. The van der Waals surface area contributed by atoms with Crippen LogP contribution < -0.4 is 0 Å². The summed E-state index contributed by atoms with van der Waals surface area (Å²) in [6.45, 7) is 6.66. The number of rotatable bonds is 4. The minimum Gasteiger partial charge on any atom is -0.481 e. The predicted octanol–water partition coefficient (Wildman–Crippen LogP) is 2.09. The molecule has 0 aromatic rings. The van der Waals surface area contributed by atoms with E-state index in [0.717, 1.165) is 12.8 Å². The van der Waals surface area contributed by atoms with Crippen LogP contribution in [-0.4, -0.2) is 34.7 Å². The molecule has 0 aromatic heterocycles. The lowest BCUT2D eigenvalue weighted by atomic mass is 9.79. The second-order valence-electron chi connectivity index (χ2n) is 4.67. The zero-order valence-corrected chi connectivity index (χ0v) is 11.9. The minimum atomic E-state index is -0.935. The molecule has 0 radical (unpaired) electrons. The normalized spacial score (nSPS) is 21.1. The fourth-order valence-electron chi connectivity index (χ4n) is 1.96. The number of hydrogen-bond donors (Lipinski definition) is 2. The van der Waals surface area contributed by atoms with Crippen molar-refractivity contribution in [3.8, 4) is 0 Å². The highest BCUT2D eigenvalue weighted by Crippen LogP contribution is 2.31. The van der Waals surface area contributed by atoms with Crippen molar-refractivity contribution in [2.75, 3.05) is 6.61 Å². The molecule has 0 amide bonds. The van der Waals surface area contributed by atoms with Crippen molar-refractivity contribution >= 4 is 17.9 Å². The topological polar surface area (TPSA) is 101 Å². The Morgan fingerprint density at radius 1 is 1.15 bits per heavy atom. The Kier molecular flexibility index (Phi) is 8.27. The van der Waals surface area contributed by atoms with E-state index in [9.17, 15) is 14.4 Å². The van der Waals surface area contributed by atoms with Gasteiger partial charge in [-0.05, 0) is 26.7 Å². The van der Waals surface area contributed by atoms with Crippen molar-refractivity contribution in [1.29, 1.82) is 0 Å². The lowest BCUT2D eigenvalue weighted by Crippen LogP contribution is -2.33. The molecule has 1 rings (SSSR count). The molecule has 0 aliphatic heterocycles. The highest BCUT2D eigenvalue weighted by atomic mass is 16.5. The number of carbonyl (C=O) groups excluding carboxylic acids is 1. The fourth-order valence-corrected chi connectivity index (χ4v) is 1.96. The SMILES string of the molecule is C=C(C)C(=O)O.CCOC(=O)C1CCCCC1C(=O)O. The molecule has 114 valence electrons. The van der Waals surface area contributed by atoms with Gasteiger partial charge in [0.2, 0.25) is 0 Å². The molecule has 0 aromatic carbocycles. The summed E-state index contributed by atoms with van der Waals surface area (Å²) in [5.41, 5.74) is 0.176. The first-order valence-electron chi connectivity index (χ1n) is 6.59. The lowest BCUT2D eigenvalue weighted by Gasteiger charge is -2.26. The van der Waals surface area contributed by atoms with Gasteiger partial charge in [-0.15, -0.1) is 0 Å². The van der Waals surface area contributed by atoms with Gasteiger partial charge < -0.3 is 14.9 Å². The van der Waals surface area contributed by atoms with Crippen LogP contribution in [0.15, 0.2) is 12.2 Å². The van der Waals surface area contributed by atoms with Crippen molar-refractivity contribution < 1.29 is 29.3 Å². The fraction of sp³-hybridized carbons (Fsp3) is 0.643. The van der Waals surface area contributed by atoms with Gasteiger partial charge in [0.1, 0.15) is 0 Å². The maximum atomic E-state index is 11.4. The molecule has 1 saturated carbocycles. The highest BCUT2D eigenvalue weighted by molar-refractivity contribution is 5.84. The van der Waals surface area contributed by atoms with Crippen LogP contribution in [0.4, 0.5) is 0 Å². The number of aliphatic carboxylic acids is 2.